The highest BCUT2D eigenvalue weighted by molar-refractivity contribution is 5.90. The van der Waals surface area contributed by atoms with E-state index in [4.69, 9.17) is 10.00 Å². The number of carbonyl (C=O) groups excluding carboxylic acids is 2. The summed E-state index contributed by atoms with van der Waals surface area (Å²) in [5.41, 5.74) is 2.02. The third kappa shape index (κ3) is 7.59. The van der Waals surface area contributed by atoms with Crippen molar-refractivity contribution in [1.29, 1.82) is 5.26 Å². The summed E-state index contributed by atoms with van der Waals surface area (Å²) in [6.07, 6.45) is 6.07. The number of hydrogen-bond acceptors (Lipinski definition) is 8. The molecule has 2 aromatic heterocycles. The molecule has 2 N–H and O–H groups in total. The molecule has 0 spiro atoms. The lowest BCUT2D eigenvalue weighted by Gasteiger charge is -2.17. The molecule has 0 aliphatic heterocycles. The van der Waals surface area contributed by atoms with Crippen molar-refractivity contribution in [2.45, 2.75) is 19.9 Å². The molecular formula is C23H26N8O3. The quantitative estimate of drug-likeness (QED) is 0.440. The minimum Gasteiger partial charge on any atom is -0.492 e. The molecule has 3 aromatic rings. The van der Waals surface area contributed by atoms with Crippen LogP contribution in [0.15, 0.2) is 49.1 Å². The van der Waals surface area contributed by atoms with E-state index in [0.717, 1.165) is 11.3 Å². The van der Waals surface area contributed by atoms with E-state index < -0.39 is 0 Å². The average molecular weight is 463 g/mol. The van der Waals surface area contributed by atoms with Crippen molar-refractivity contribution in [3.8, 4) is 11.8 Å². The number of carbonyl (C=O) groups is 2. The van der Waals surface area contributed by atoms with Gasteiger partial charge in [-0.2, -0.15) is 10.4 Å². The van der Waals surface area contributed by atoms with E-state index in [-0.39, 0.29) is 24.8 Å². The molecule has 176 valence electrons. The van der Waals surface area contributed by atoms with E-state index in [0.29, 0.717) is 36.9 Å². The van der Waals surface area contributed by atoms with Crippen LogP contribution in [0, 0.1) is 18.3 Å². The number of aryl methyl sites for hydroxylation is 1. The topological polar surface area (TPSA) is 138 Å². The zero-order valence-corrected chi connectivity index (χ0v) is 19.1. The average Bonchev–Trinajstić information content (AvgIpc) is 3.27. The molecule has 0 unspecified atom stereocenters. The standard InChI is InChI=1S/C23H26N8O3/c1-17-3-5-20(6-4-17)34-10-9-30(2)22(33)16-31-15-19(14-28-31)29-21(32)7-8-25-23-26-12-18(11-24)13-27-23/h3-6,12-15H,7-10,16H2,1-2H3,(H,29,32)(H,25,26,27). The molecule has 2 heterocycles. The number of amides is 2. The van der Waals surface area contributed by atoms with Crippen LogP contribution in [0.3, 0.4) is 0 Å². The summed E-state index contributed by atoms with van der Waals surface area (Å²) in [6.45, 7) is 3.20. The Morgan fingerprint density at radius 3 is 2.62 bits per heavy atom. The summed E-state index contributed by atoms with van der Waals surface area (Å²) in [5.74, 6) is 0.752. The second-order valence-electron chi connectivity index (χ2n) is 7.54. The van der Waals surface area contributed by atoms with Crippen LogP contribution in [0.5, 0.6) is 5.75 Å². The van der Waals surface area contributed by atoms with Crippen molar-refractivity contribution >= 4 is 23.5 Å². The Morgan fingerprint density at radius 2 is 1.91 bits per heavy atom. The SMILES string of the molecule is Cc1ccc(OCCN(C)C(=O)Cn2cc(NC(=O)CCNc3ncc(C#N)cn3)cn2)cc1. The van der Waals surface area contributed by atoms with E-state index in [2.05, 4.69) is 25.7 Å². The zero-order chi connectivity index (χ0) is 24.3. The third-order valence-corrected chi connectivity index (χ3v) is 4.77. The largest absolute Gasteiger partial charge is 0.492 e. The Hall–Kier alpha value is -4.46. The molecule has 0 saturated carbocycles. The highest BCUT2D eigenvalue weighted by Gasteiger charge is 2.12. The van der Waals surface area contributed by atoms with Crippen LogP contribution < -0.4 is 15.4 Å². The van der Waals surface area contributed by atoms with Crippen LogP contribution in [0.25, 0.3) is 0 Å². The first-order chi connectivity index (χ1) is 16.4. The fourth-order valence-electron chi connectivity index (χ4n) is 2.82. The van der Waals surface area contributed by atoms with Crippen LogP contribution in [0.4, 0.5) is 11.6 Å². The molecule has 2 amide bonds. The van der Waals surface area contributed by atoms with Gasteiger partial charge >= 0.3 is 0 Å². The highest BCUT2D eigenvalue weighted by atomic mass is 16.5. The Labute approximate surface area is 197 Å². The number of likely N-dealkylation sites (N-methyl/N-ethyl adjacent to an activating group) is 1. The highest BCUT2D eigenvalue weighted by Crippen LogP contribution is 2.11. The van der Waals surface area contributed by atoms with E-state index >= 15 is 0 Å². The molecule has 1 aromatic carbocycles. The molecule has 0 atom stereocenters. The number of nitrogens with zero attached hydrogens (tertiary/aromatic N) is 6. The zero-order valence-electron chi connectivity index (χ0n) is 19.1. The van der Waals surface area contributed by atoms with Crippen LogP contribution in [-0.2, 0) is 16.1 Å². The maximum Gasteiger partial charge on any atom is 0.244 e. The molecule has 0 aliphatic rings. The van der Waals surface area contributed by atoms with Gasteiger partial charge in [0.05, 0.1) is 36.4 Å². The first-order valence-electron chi connectivity index (χ1n) is 10.6. The summed E-state index contributed by atoms with van der Waals surface area (Å²) in [6, 6.07) is 9.67. The molecule has 34 heavy (non-hydrogen) atoms. The summed E-state index contributed by atoms with van der Waals surface area (Å²) < 4.78 is 7.13. The number of rotatable bonds is 11. The van der Waals surface area contributed by atoms with Gasteiger partial charge in [-0.3, -0.25) is 14.3 Å². The van der Waals surface area contributed by atoms with Gasteiger partial charge in [0.25, 0.3) is 0 Å². The van der Waals surface area contributed by atoms with Crippen molar-refractivity contribution in [2.24, 2.45) is 0 Å². The van der Waals surface area contributed by atoms with Gasteiger partial charge in [0.2, 0.25) is 17.8 Å². The lowest BCUT2D eigenvalue weighted by atomic mass is 10.2. The van der Waals surface area contributed by atoms with E-state index in [9.17, 15) is 9.59 Å². The number of benzene rings is 1. The van der Waals surface area contributed by atoms with E-state index in [1.165, 1.54) is 23.3 Å². The second-order valence-corrected chi connectivity index (χ2v) is 7.54. The fourth-order valence-corrected chi connectivity index (χ4v) is 2.82. The summed E-state index contributed by atoms with van der Waals surface area (Å²) in [4.78, 5) is 34.1. The van der Waals surface area contributed by atoms with Gasteiger partial charge in [-0.25, -0.2) is 9.97 Å². The van der Waals surface area contributed by atoms with Crippen LogP contribution in [-0.4, -0.2) is 63.2 Å². The lowest BCUT2D eigenvalue weighted by Crippen LogP contribution is -2.33. The maximum absolute atomic E-state index is 12.4. The van der Waals surface area contributed by atoms with Gasteiger partial charge in [-0.05, 0) is 19.1 Å². The molecule has 0 aliphatic carbocycles. The minimum atomic E-state index is -0.225. The van der Waals surface area contributed by atoms with Crippen molar-refractivity contribution in [1.82, 2.24) is 24.6 Å². The Bertz CT molecular complexity index is 1140. The molecular weight excluding hydrogens is 436 g/mol. The summed E-state index contributed by atoms with van der Waals surface area (Å²) in [5, 5.41) is 18.5. The van der Waals surface area contributed by atoms with Gasteiger partial charge in [0.1, 0.15) is 25.0 Å². The van der Waals surface area contributed by atoms with Gasteiger partial charge in [0.15, 0.2) is 0 Å². The first kappa shape index (κ1) is 24.2. The molecule has 3 rings (SSSR count). The second kappa shape index (κ2) is 12.0. The minimum absolute atomic E-state index is 0.0501. The number of ether oxygens (including phenoxy) is 1. The van der Waals surface area contributed by atoms with Gasteiger partial charge in [0, 0.05) is 26.2 Å². The van der Waals surface area contributed by atoms with Gasteiger partial charge < -0.3 is 20.3 Å². The molecule has 11 heteroatoms. The molecule has 0 bridgehead atoms. The number of hydrogen-bond donors (Lipinski definition) is 2. The van der Waals surface area contributed by atoms with E-state index in [1.54, 1.807) is 18.1 Å². The monoisotopic (exact) mass is 462 g/mol. The molecule has 0 radical (unpaired) electrons. The third-order valence-electron chi connectivity index (χ3n) is 4.77. The summed E-state index contributed by atoms with van der Waals surface area (Å²) in [7, 11) is 1.71. The Balaban J connectivity index is 1.36. The number of nitrogens with one attached hydrogen (secondary N) is 2. The number of anilines is 2. The van der Waals surface area contributed by atoms with Crippen LogP contribution in [0.2, 0.25) is 0 Å². The van der Waals surface area contributed by atoms with Crippen LogP contribution in [0.1, 0.15) is 17.5 Å². The van der Waals surface area contributed by atoms with Gasteiger partial charge in [-0.1, -0.05) is 17.7 Å². The molecule has 11 nitrogen and oxygen atoms in total. The van der Waals surface area contributed by atoms with Crippen molar-refractivity contribution in [2.75, 3.05) is 37.4 Å². The number of nitriles is 1. The summed E-state index contributed by atoms with van der Waals surface area (Å²) >= 11 is 0. The predicted octanol–water partition coefficient (Wildman–Crippen LogP) is 1.83. The van der Waals surface area contributed by atoms with Crippen molar-refractivity contribution in [3.63, 3.8) is 0 Å². The normalized spacial score (nSPS) is 10.3. The van der Waals surface area contributed by atoms with E-state index in [1.807, 2.05) is 37.3 Å². The van der Waals surface area contributed by atoms with Gasteiger partial charge in [-0.15, -0.1) is 0 Å². The first-order valence-corrected chi connectivity index (χ1v) is 10.6. The molecule has 0 saturated heterocycles. The maximum atomic E-state index is 12.4. The Morgan fingerprint density at radius 1 is 1.18 bits per heavy atom. The van der Waals surface area contributed by atoms with Crippen molar-refractivity contribution < 1.29 is 14.3 Å². The number of aromatic nitrogens is 4. The fraction of sp³-hybridized carbons (Fsp3) is 0.304. The lowest BCUT2D eigenvalue weighted by molar-refractivity contribution is -0.131. The van der Waals surface area contributed by atoms with Crippen LogP contribution >= 0.6 is 0 Å². The smallest absolute Gasteiger partial charge is 0.244 e. The van der Waals surface area contributed by atoms with Crippen molar-refractivity contribution in [3.05, 3.63) is 60.2 Å². The predicted molar refractivity (Wildman–Crippen MR) is 125 cm³/mol. The Kier molecular flexibility index (Phi) is 8.51. The molecule has 0 fully saturated rings.